The Bertz CT molecular complexity index is 1660. The molecule has 0 amide bonds. The summed E-state index contributed by atoms with van der Waals surface area (Å²) >= 11 is 6.34. The number of methoxy groups -OCH3 is 1. The molecule has 2 aromatic heterocycles. The first-order valence-electron chi connectivity index (χ1n) is 13.4. The zero-order valence-corrected chi connectivity index (χ0v) is 23.7. The van der Waals surface area contributed by atoms with Crippen LogP contribution in [-0.2, 0) is 4.74 Å². The minimum absolute atomic E-state index is 0.0906. The lowest BCUT2D eigenvalue weighted by Gasteiger charge is -2.21. The van der Waals surface area contributed by atoms with Gasteiger partial charge in [-0.2, -0.15) is 9.41 Å². The van der Waals surface area contributed by atoms with Gasteiger partial charge in [-0.05, 0) is 89.2 Å². The van der Waals surface area contributed by atoms with Crippen molar-refractivity contribution in [3.8, 4) is 16.8 Å². The number of nitrogens with zero attached hydrogens (tertiary/aromatic N) is 6. The number of anilines is 1. The van der Waals surface area contributed by atoms with Gasteiger partial charge in [0.1, 0.15) is 6.33 Å². The van der Waals surface area contributed by atoms with Crippen molar-refractivity contribution in [2.75, 3.05) is 12.4 Å². The lowest BCUT2D eigenvalue weighted by Crippen LogP contribution is -2.36. The third-order valence-electron chi connectivity index (χ3n) is 7.91. The summed E-state index contributed by atoms with van der Waals surface area (Å²) in [5.41, 5.74) is 7.27. The zero-order chi connectivity index (χ0) is 28.6. The number of nitrogens with one attached hydrogen (secondary N) is 1. The predicted octanol–water partition coefficient (Wildman–Crippen LogP) is 6.31. The van der Waals surface area contributed by atoms with Crippen molar-refractivity contribution < 1.29 is 9.47 Å². The van der Waals surface area contributed by atoms with E-state index in [1.54, 1.807) is 24.1 Å². The van der Waals surface area contributed by atoms with Gasteiger partial charge < -0.3 is 15.3 Å². The van der Waals surface area contributed by atoms with Crippen molar-refractivity contribution in [3.05, 3.63) is 107 Å². The molecule has 41 heavy (non-hydrogen) atoms. The summed E-state index contributed by atoms with van der Waals surface area (Å²) in [5, 5.41) is 28.8. The minimum atomic E-state index is -0.0906. The highest BCUT2D eigenvalue weighted by Crippen LogP contribution is 2.52. The Morgan fingerprint density at radius 2 is 1.95 bits per heavy atom. The molecule has 1 unspecified atom stereocenters. The molecule has 1 aliphatic carbocycles. The molecule has 1 saturated carbocycles. The van der Waals surface area contributed by atoms with Crippen LogP contribution in [0.25, 0.3) is 22.4 Å². The molecule has 1 atom stereocenters. The number of tetrazole rings is 1. The molecule has 4 aromatic rings. The Kier molecular flexibility index (Phi) is 7.05. The van der Waals surface area contributed by atoms with Crippen LogP contribution in [-0.4, -0.2) is 33.0 Å². The number of pyridine rings is 1. The van der Waals surface area contributed by atoms with E-state index >= 15 is 0 Å². The fourth-order valence-corrected chi connectivity index (χ4v) is 5.42. The fourth-order valence-electron chi connectivity index (χ4n) is 5.25. The van der Waals surface area contributed by atoms with Crippen LogP contribution in [0, 0.1) is 10.6 Å². The lowest BCUT2D eigenvalue weighted by atomic mass is 9.84. The summed E-state index contributed by atoms with van der Waals surface area (Å²) in [6.45, 7) is 6.09. The molecular formula is C31H30ClN7O2. The van der Waals surface area contributed by atoms with Gasteiger partial charge in [0.25, 0.3) is 0 Å². The number of benzene rings is 2. The zero-order valence-electron chi connectivity index (χ0n) is 22.9. The van der Waals surface area contributed by atoms with Crippen molar-refractivity contribution in [2.45, 2.75) is 38.5 Å². The van der Waals surface area contributed by atoms with Gasteiger partial charge in [0, 0.05) is 46.2 Å². The van der Waals surface area contributed by atoms with Crippen molar-refractivity contribution >= 4 is 28.6 Å². The van der Waals surface area contributed by atoms with Crippen LogP contribution in [0.1, 0.15) is 49.8 Å². The first-order valence-corrected chi connectivity index (χ1v) is 13.8. The fraction of sp³-hybridized carbons (Fsp3) is 0.258. The molecule has 2 aliphatic rings. The van der Waals surface area contributed by atoms with Crippen LogP contribution in [0.15, 0.2) is 90.8 Å². The van der Waals surface area contributed by atoms with Gasteiger partial charge in [-0.1, -0.05) is 30.7 Å². The summed E-state index contributed by atoms with van der Waals surface area (Å²) in [4.78, 5) is 4.86. The van der Waals surface area contributed by atoms with E-state index in [2.05, 4.69) is 46.5 Å². The topological polar surface area (TPSA) is 104 Å². The van der Waals surface area contributed by atoms with E-state index in [0.717, 1.165) is 63.3 Å². The van der Waals surface area contributed by atoms with Crippen LogP contribution in [0.5, 0.6) is 0 Å². The number of rotatable bonds is 10. The Morgan fingerprint density at radius 3 is 2.63 bits per heavy atom. The van der Waals surface area contributed by atoms with Crippen molar-refractivity contribution in [1.29, 1.82) is 0 Å². The van der Waals surface area contributed by atoms with Crippen LogP contribution >= 0.6 is 11.6 Å². The Hall–Kier alpha value is -4.50. The maximum absolute atomic E-state index is 13.6. The minimum Gasteiger partial charge on any atom is -0.618 e. The highest BCUT2D eigenvalue weighted by Gasteiger charge is 2.43. The number of halogens is 1. The average Bonchev–Trinajstić information content (AvgIpc) is 3.36. The molecular weight excluding hydrogens is 538 g/mol. The summed E-state index contributed by atoms with van der Waals surface area (Å²) < 4.78 is 7.65. The van der Waals surface area contributed by atoms with Gasteiger partial charge in [0.05, 0.1) is 18.7 Å². The van der Waals surface area contributed by atoms with Crippen LogP contribution < -0.4 is 10.0 Å². The molecule has 10 heteroatoms. The summed E-state index contributed by atoms with van der Waals surface area (Å²) in [5.74, 6) is 0.394. The van der Waals surface area contributed by atoms with Gasteiger partial charge >= 0.3 is 0 Å². The second kappa shape index (κ2) is 10.8. The van der Waals surface area contributed by atoms with Crippen LogP contribution in [0.4, 0.5) is 5.69 Å². The molecule has 9 nitrogen and oxygen atoms in total. The van der Waals surface area contributed by atoms with Crippen LogP contribution in [0.3, 0.4) is 0 Å². The second-order valence-electron chi connectivity index (χ2n) is 10.9. The molecule has 1 N–H and O–H groups in total. The Balaban J connectivity index is 1.27. The maximum atomic E-state index is 13.6. The molecule has 208 valence electrons. The SMILES string of the molecule is C=C(Nc1ccc(C2=CN=C(C(CC3(C)CC3)c3ccc(-c4cc(Cl)ccc4-n4cnnn4)c[n+]3[O-])C2)cc1)OC. The quantitative estimate of drug-likeness (QED) is 0.137. The lowest BCUT2D eigenvalue weighted by molar-refractivity contribution is -0.614. The normalized spacial score (nSPS) is 16.1. The average molecular weight is 568 g/mol. The molecule has 1 aliphatic heterocycles. The first-order chi connectivity index (χ1) is 19.8. The van der Waals surface area contributed by atoms with Gasteiger partial charge in [-0.3, -0.25) is 4.99 Å². The second-order valence-corrected chi connectivity index (χ2v) is 11.4. The highest BCUT2D eigenvalue weighted by atomic mass is 35.5. The number of ether oxygens (including phenoxy) is 1. The van der Waals surface area contributed by atoms with Gasteiger partial charge in [-0.25, -0.2) is 0 Å². The van der Waals surface area contributed by atoms with E-state index in [4.69, 9.17) is 21.3 Å². The van der Waals surface area contributed by atoms with Gasteiger partial charge in [0.15, 0.2) is 12.1 Å². The summed E-state index contributed by atoms with van der Waals surface area (Å²) in [6.07, 6.45) is 8.95. The number of aliphatic imine (C=N–C) groups is 1. The summed E-state index contributed by atoms with van der Waals surface area (Å²) in [6, 6.07) is 17.4. The van der Waals surface area contributed by atoms with E-state index in [9.17, 15) is 5.21 Å². The molecule has 6 rings (SSSR count). The monoisotopic (exact) mass is 567 g/mol. The van der Waals surface area contributed by atoms with Gasteiger partial charge in [0.2, 0.25) is 5.69 Å². The number of hydrogen-bond donors (Lipinski definition) is 1. The van der Waals surface area contributed by atoms with Crippen molar-refractivity contribution in [3.63, 3.8) is 0 Å². The van der Waals surface area contributed by atoms with E-state index < -0.39 is 0 Å². The highest BCUT2D eigenvalue weighted by molar-refractivity contribution is 6.31. The van der Waals surface area contributed by atoms with Crippen molar-refractivity contribution in [1.82, 2.24) is 20.2 Å². The Labute approximate surface area is 243 Å². The number of aromatic nitrogens is 5. The third kappa shape index (κ3) is 5.71. The van der Waals surface area contributed by atoms with Crippen molar-refractivity contribution in [2.24, 2.45) is 10.4 Å². The molecule has 0 bridgehead atoms. The first kappa shape index (κ1) is 26.7. The maximum Gasteiger partial charge on any atom is 0.201 e. The predicted molar refractivity (Wildman–Crippen MR) is 160 cm³/mol. The summed E-state index contributed by atoms with van der Waals surface area (Å²) in [7, 11) is 1.58. The molecule has 0 radical (unpaired) electrons. The standard InChI is InChI=1S/C31H30ClN7O2/c1-20(41-3)35-25-8-4-21(5-9-25)23-14-28(33-17-23)27(16-31(2)12-13-31)30-10-6-22(18-39(30)40)26-15-24(32)7-11-29(26)38-19-34-36-37-38/h4-11,15,17-19,27,35H,1,12-14,16H2,2-3H3. The smallest absolute Gasteiger partial charge is 0.201 e. The van der Waals surface area contributed by atoms with E-state index in [0.29, 0.717) is 23.0 Å². The largest absolute Gasteiger partial charge is 0.618 e. The molecule has 0 saturated heterocycles. The number of hydrogen-bond acceptors (Lipinski definition) is 7. The van der Waals surface area contributed by atoms with E-state index in [1.807, 2.05) is 42.6 Å². The molecule has 3 heterocycles. The Morgan fingerprint density at radius 1 is 1.17 bits per heavy atom. The third-order valence-corrected chi connectivity index (χ3v) is 8.15. The molecule has 1 fully saturated rings. The van der Waals surface area contributed by atoms with E-state index in [-0.39, 0.29) is 11.3 Å². The van der Waals surface area contributed by atoms with Crippen LogP contribution in [0.2, 0.25) is 5.02 Å². The molecule has 2 aromatic carbocycles. The number of allylic oxidation sites excluding steroid dienone is 1. The van der Waals surface area contributed by atoms with E-state index in [1.165, 1.54) is 6.33 Å². The molecule has 0 spiro atoms. The van der Waals surface area contributed by atoms with Gasteiger partial charge in [-0.15, -0.1) is 5.10 Å².